The largest absolute Gasteiger partial charge is 0.319 e. The Morgan fingerprint density at radius 1 is 1.09 bits per heavy atom. The number of non-ortho nitro benzene ring substituents is 1. The lowest BCUT2D eigenvalue weighted by atomic mass is 10.0. The predicted molar refractivity (Wildman–Crippen MR) is 126 cm³/mol. The Hall–Kier alpha value is -4.84. The van der Waals surface area contributed by atoms with Gasteiger partial charge in [-0.3, -0.25) is 24.5 Å². The van der Waals surface area contributed by atoms with Crippen molar-refractivity contribution in [1.29, 1.82) is 5.26 Å². The molecule has 174 valence electrons. The minimum atomic E-state index is -1.11. The van der Waals surface area contributed by atoms with E-state index >= 15 is 0 Å². The second kappa shape index (κ2) is 9.57. The molecule has 4 rings (SSSR count). The molecule has 1 saturated heterocycles. The van der Waals surface area contributed by atoms with Gasteiger partial charge in [-0.1, -0.05) is 36.4 Å². The first kappa shape index (κ1) is 23.3. The number of nitro benzene ring substituents is 1. The molecule has 1 heterocycles. The van der Waals surface area contributed by atoms with Crippen LogP contribution in [0.25, 0.3) is 0 Å². The van der Waals surface area contributed by atoms with E-state index in [-0.39, 0.29) is 17.7 Å². The van der Waals surface area contributed by atoms with E-state index in [1.807, 2.05) is 12.1 Å². The van der Waals surface area contributed by atoms with Gasteiger partial charge in [-0.25, -0.2) is 4.90 Å². The summed E-state index contributed by atoms with van der Waals surface area (Å²) in [6.45, 7) is 1.74. The third-order valence-electron chi connectivity index (χ3n) is 5.95. The molecule has 35 heavy (non-hydrogen) atoms. The zero-order valence-corrected chi connectivity index (χ0v) is 18.7. The van der Waals surface area contributed by atoms with Gasteiger partial charge in [0, 0.05) is 17.7 Å². The van der Waals surface area contributed by atoms with Gasteiger partial charge < -0.3 is 4.90 Å². The Morgan fingerprint density at radius 3 is 2.40 bits per heavy atom. The predicted octanol–water partition coefficient (Wildman–Crippen LogP) is 4.00. The Labute approximate surface area is 201 Å². The van der Waals surface area contributed by atoms with Crippen LogP contribution in [0.4, 0.5) is 11.4 Å². The van der Waals surface area contributed by atoms with Crippen LogP contribution in [-0.2, 0) is 9.59 Å². The average Bonchev–Trinajstić information content (AvgIpc) is 3.17. The summed E-state index contributed by atoms with van der Waals surface area (Å²) in [6, 6.07) is 20.6. The molecule has 0 N–H and O–H groups in total. The standard InChI is InChI=1S/C26H20N4O5/c1-17(19-6-3-2-4-7-19)28(25(32)20-8-5-9-22(14-20)30(34)35)23-15-24(31)29(26(23)33)21-12-10-18(16-27)11-13-21/h2-14,17,23H,15H2,1H3. The zero-order valence-electron chi connectivity index (χ0n) is 18.7. The van der Waals surface area contributed by atoms with E-state index in [2.05, 4.69) is 0 Å². The smallest absolute Gasteiger partial charge is 0.270 e. The number of benzene rings is 3. The van der Waals surface area contributed by atoms with Gasteiger partial charge in [0.25, 0.3) is 17.5 Å². The van der Waals surface area contributed by atoms with Crippen LogP contribution in [0.5, 0.6) is 0 Å². The molecule has 0 spiro atoms. The van der Waals surface area contributed by atoms with Crippen molar-refractivity contribution < 1.29 is 19.3 Å². The SMILES string of the molecule is CC(c1ccccc1)N(C(=O)c1cccc([N+](=O)[O-])c1)C1CC(=O)N(c2ccc(C#N)cc2)C1=O. The van der Waals surface area contributed by atoms with E-state index in [0.717, 1.165) is 16.5 Å². The normalized spacial score (nSPS) is 16.0. The molecule has 1 aliphatic heterocycles. The van der Waals surface area contributed by atoms with Gasteiger partial charge in [0.15, 0.2) is 0 Å². The summed E-state index contributed by atoms with van der Waals surface area (Å²) in [5.74, 6) is -1.67. The van der Waals surface area contributed by atoms with Gasteiger partial charge in [-0.2, -0.15) is 5.26 Å². The summed E-state index contributed by atoms with van der Waals surface area (Å²) >= 11 is 0. The number of rotatable bonds is 6. The quantitative estimate of drug-likeness (QED) is 0.306. The topological polar surface area (TPSA) is 125 Å². The summed E-state index contributed by atoms with van der Waals surface area (Å²) in [5.41, 5.74) is 1.21. The van der Waals surface area contributed by atoms with E-state index in [0.29, 0.717) is 11.3 Å². The van der Waals surface area contributed by atoms with Gasteiger partial charge in [0.1, 0.15) is 6.04 Å². The van der Waals surface area contributed by atoms with Gasteiger partial charge in [0.05, 0.1) is 34.7 Å². The highest BCUT2D eigenvalue weighted by molar-refractivity contribution is 6.23. The highest BCUT2D eigenvalue weighted by atomic mass is 16.6. The minimum Gasteiger partial charge on any atom is -0.319 e. The number of nitro groups is 1. The van der Waals surface area contributed by atoms with Crippen molar-refractivity contribution in [2.45, 2.75) is 25.4 Å². The summed E-state index contributed by atoms with van der Waals surface area (Å²) in [4.78, 5) is 53.1. The van der Waals surface area contributed by atoms with E-state index in [1.165, 1.54) is 47.4 Å². The first-order chi connectivity index (χ1) is 16.8. The maximum atomic E-state index is 13.7. The summed E-state index contributed by atoms with van der Waals surface area (Å²) in [7, 11) is 0. The second-order valence-electron chi connectivity index (χ2n) is 8.05. The Bertz CT molecular complexity index is 1350. The molecule has 0 aromatic heterocycles. The highest BCUT2D eigenvalue weighted by Crippen LogP contribution is 2.33. The minimum absolute atomic E-state index is 0.0408. The fraction of sp³-hybridized carbons (Fsp3) is 0.154. The number of hydrogen-bond donors (Lipinski definition) is 0. The lowest BCUT2D eigenvalue weighted by Crippen LogP contribution is -2.46. The van der Waals surface area contributed by atoms with Gasteiger partial charge >= 0.3 is 0 Å². The average molecular weight is 468 g/mol. The van der Waals surface area contributed by atoms with E-state index in [4.69, 9.17) is 5.26 Å². The second-order valence-corrected chi connectivity index (χ2v) is 8.05. The molecule has 2 atom stereocenters. The molecule has 9 nitrogen and oxygen atoms in total. The van der Waals surface area contributed by atoms with Crippen LogP contribution >= 0.6 is 0 Å². The van der Waals surface area contributed by atoms with Crippen LogP contribution in [0.2, 0.25) is 0 Å². The molecule has 3 amide bonds. The van der Waals surface area contributed by atoms with Crippen molar-refractivity contribution in [3.05, 3.63) is 106 Å². The number of imide groups is 1. The maximum Gasteiger partial charge on any atom is 0.270 e. The van der Waals surface area contributed by atoms with E-state index < -0.39 is 34.7 Å². The Balaban J connectivity index is 1.75. The van der Waals surface area contributed by atoms with Crippen LogP contribution in [0.1, 0.15) is 40.9 Å². The van der Waals surface area contributed by atoms with Crippen molar-refractivity contribution in [1.82, 2.24) is 4.90 Å². The van der Waals surface area contributed by atoms with Crippen molar-refractivity contribution in [3.63, 3.8) is 0 Å². The van der Waals surface area contributed by atoms with Crippen LogP contribution < -0.4 is 4.90 Å². The number of anilines is 1. The first-order valence-electron chi connectivity index (χ1n) is 10.8. The number of nitriles is 1. The Kier molecular flexibility index (Phi) is 6.38. The van der Waals surface area contributed by atoms with E-state index in [1.54, 1.807) is 31.2 Å². The summed E-state index contributed by atoms with van der Waals surface area (Å²) in [5, 5.41) is 20.3. The van der Waals surface area contributed by atoms with Crippen LogP contribution in [0.15, 0.2) is 78.9 Å². The van der Waals surface area contributed by atoms with Crippen molar-refractivity contribution in [3.8, 4) is 6.07 Å². The van der Waals surface area contributed by atoms with Crippen molar-refractivity contribution in [2.24, 2.45) is 0 Å². The number of nitrogens with zero attached hydrogens (tertiary/aromatic N) is 4. The van der Waals surface area contributed by atoms with Crippen LogP contribution in [0, 0.1) is 21.4 Å². The number of carbonyl (C=O) groups excluding carboxylic acids is 3. The molecule has 2 unspecified atom stereocenters. The first-order valence-corrected chi connectivity index (χ1v) is 10.8. The molecule has 0 aliphatic carbocycles. The molecule has 0 bridgehead atoms. The molecule has 0 saturated carbocycles. The molecule has 3 aromatic carbocycles. The monoisotopic (exact) mass is 468 g/mol. The third kappa shape index (κ3) is 4.50. The van der Waals surface area contributed by atoms with Gasteiger partial charge in [-0.05, 0) is 42.8 Å². The molecule has 0 radical (unpaired) electrons. The number of carbonyl (C=O) groups is 3. The fourth-order valence-corrected chi connectivity index (χ4v) is 4.17. The number of amides is 3. The third-order valence-corrected chi connectivity index (χ3v) is 5.95. The summed E-state index contributed by atoms with van der Waals surface area (Å²) in [6.07, 6.45) is -0.239. The molecule has 1 fully saturated rings. The molecule has 3 aromatic rings. The molecule has 9 heteroatoms. The lowest BCUT2D eigenvalue weighted by molar-refractivity contribution is -0.384. The Morgan fingerprint density at radius 2 is 1.77 bits per heavy atom. The maximum absolute atomic E-state index is 13.7. The lowest BCUT2D eigenvalue weighted by Gasteiger charge is -2.33. The molecular weight excluding hydrogens is 448 g/mol. The van der Waals surface area contributed by atoms with Crippen molar-refractivity contribution >= 4 is 29.1 Å². The van der Waals surface area contributed by atoms with Crippen LogP contribution in [0.3, 0.4) is 0 Å². The number of hydrogen-bond acceptors (Lipinski definition) is 6. The zero-order chi connectivity index (χ0) is 25.1. The van der Waals surface area contributed by atoms with Crippen molar-refractivity contribution in [2.75, 3.05) is 4.90 Å². The molecular formula is C26H20N4O5. The van der Waals surface area contributed by atoms with Gasteiger partial charge in [0.2, 0.25) is 5.91 Å². The van der Waals surface area contributed by atoms with Gasteiger partial charge in [-0.15, -0.1) is 0 Å². The van der Waals surface area contributed by atoms with E-state index in [9.17, 15) is 24.5 Å². The van der Waals surface area contributed by atoms with Crippen LogP contribution in [-0.4, -0.2) is 33.6 Å². The summed E-state index contributed by atoms with van der Waals surface area (Å²) < 4.78 is 0. The fourth-order valence-electron chi connectivity index (χ4n) is 4.17. The highest BCUT2D eigenvalue weighted by Gasteiger charge is 2.46. The molecule has 1 aliphatic rings.